The van der Waals surface area contributed by atoms with Crippen molar-refractivity contribution in [1.82, 2.24) is 5.32 Å². The summed E-state index contributed by atoms with van der Waals surface area (Å²) in [4.78, 5) is 20.0. The molecule has 0 aromatic rings. The molecule has 4 nitrogen and oxygen atoms in total. The molecule has 1 saturated heterocycles. The molecule has 1 aliphatic heterocycles. The molecule has 1 rings (SSSR count). The quantitative estimate of drug-likeness (QED) is 0.640. The van der Waals surface area contributed by atoms with Gasteiger partial charge in [-0.25, -0.2) is 0 Å². The third-order valence-electron chi connectivity index (χ3n) is 1.58. The first kappa shape index (κ1) is 13.1. The number of ether oxygens (including phenoxy) is 1. The fourth-order valence-electron chi connectivity index (χ4n) is 0.918. The van der Waals surface area contributed by atoms with Crippen LogP contribution in [0, 0.1) is 0 Å². The van der Waals surface area contributed by atoms with Crippen molar-refractivity contribution in [2.24, 2.45) is 0 Å². The number of nitrogens with one attached hydrogen (secondary N) is 1. The molecule has 1 unspecified atom stereocenters. The van der Waals surface area contributed by atoms with Crippen LogP contribution >= 0.6 is 0 Å². The topological polar surface area (TPSA) is 55.4 Å². The zero-order valence-electron chi connectivity index (χ0n) is 9.29. The van der Waals surface area contributed by atoms with E-state index in [-0.39, 0.29) is 5.60 Å². The summed E-state index contributed by atoms with van der Waals surface area (Å²) in [7, 11) is 0. The Kier molecular flexibility index (Phi) is 5.38. The van der Waals surface area contributed by atoms with E-state index in [2.05, 4.69) is 10.1 Å². The van der Waals surface area contributed by atoms with Crippen molar-refractivity contribution in [3.63, 3.8) is 0 Å². The predicted octanol–water partition coefficient (Wildman–Crippen LogP) is 0.895. The van der Waals surface area contributed by atoms with E-state index in [1.54, 1.807) is 0 Å². The minimum atomic E-state index is -0.318. The van der Waals surface area contributed by atoms with Gasteiger partial charge in [-0.1, -0.05) is 0 Å². The molecule has 14 heavy (non-hydrogen) atoms. The molecule has 1 N–H and O–H groups in total. The highest BCUT2D eigenvalue weighted by Crippen LogP contribution is 2.02. The molecule has 0 amide bonds. The van der Waals surface area contributed by atoms with Gasteiger partial charge in [-0.05, 0) is 27.7 Å². The van der Waals surface area contributed by atoms with E-state index in [4.69, 9.17) is 0 Å². The Labute approximate surface area is 85.0 Å². The highest BCUT2D eigenvalue weighted by atomic mass is 16.5. The Morgan fingerprint density at radius 2 is 2.07 bits per heavy atom. The largest absolute Gasteiger partial charge is 0.462 e. The lowest BCUT2D eigenvalue weighted by atomic mass is 10.2. The fourth-order valence-corrected chi connectivity index (χ4v) is 0.918. The predicted molar refractivity (Wildman–Crippen MR) is 54.0 cm³/mol. The van der Waals surface area contributed by atoms with Crippen molar-refractivity contribution in [2.45, 2.75) is 45.8 Å². The summed E-state index contributed by atoms with van der Waals surface area (Å²) >= 11 is 0. The van der Waals surface area contributed by atoms with Crippen LogP contribution in [0.15, 0.2) is 0 Å². The fraction of sp³-hybridized carbons (Fsp3) is 0.800. The van der Waals surface area contributed by atoms with Gasteiger partial charge in [-0.3, -0.25) is 9.59 Å². The summed E-state index contributed by atoms with van der Waals surface area (Å²) in [5.74, 6) is 0.340. The Balaban J connectivity index is 0.000000241. The number of rotatable bonds is 1. The molecule has 1 atom stereocenters. The first-order chi connectivity index (χ1) is 6.35. The lowest BCUT2D eigenvalue weighted by molar-refractivity contribution is -0.138. The van der Waals surface area contributed by atoms with Gasteiger partial charge < -0.3 is 10.1 Å². The van der Waals surface area contributed by atoms with Crippen LogP contribution in [0.2, 0.25) is 0 Å². The molecule has 1 aliphatic rings. The van der Waals surface area contributed by atoms with Crippen molar-refractivity contribution in [2.75, 3.05) is 6.54 Å². The summed E-state index contributed by atoms with van der Waals surface area (Å²) in [6, 6.07) is 0.424. The molecule has 0 aromatic carbocycles. The van der Waals surface area contributed by atoms with Crippen LogP contribution < -0.4 is 5.32 Å². The number of hydrogen-bond donors (Lipinski definition) is 1. The van der Waals surface area contributed by atoms with Gasteiger partial charge in [-0.15, -0.1) is 0 Å². The average molecular weight is 201 g/mol. The molecule has 0 saturated carbocycles. The van der Waals surface area contributed by atoms with E-state index < -0.39 is 0 Å². The Hall–Kier alpha value is -0.900. The van der Waals surface area contributed by atoms with Crippen molar-refractivity contribution in [3.05, 3.63) is 0 Å². The molecule has 0 aromatic heterocycles. The maximum absolute atomic E-state index is 10.4. The Bertz CT molecular complexity index is 196. The number of Topliss-reactive ketones (excluding diaryl/α,β-unsaturated/α-hetero) is 1. The van der Waals surface area contributed by atoms with Gasteiger partial charge in [0, 0.05) is 12.5 Å². The maximum Gasteiger partial charge on any atom is 0.293 e. The van der Waals surface area contributed by atoms with Crippen molar-refractivity contribution < 1.29 is 14.3 Å². The molecule has 4 heteroatoms. The summed E-state index contributed by atoms with van der Waals surface area (Å²) in [6.07, 6.45) is 0.722. The van der Waals surface area contributed by atoms with E-state index in [1.807, 2.05) is 27.7 Å². The first-order valence-corrected chi connectivity index (χ1v) is 4.71. The molecule has 0 radical (unpaired) electrons. The monoisotopic (exact) mass is 201 g/mol. The first-order valence-electron chi connectivity index (χ1n) is 4.71. The van der Waals surface area contributed by atoms with Crippen LogP contribution in [0.1, 0.15) is 34.1 Å². The lowest BCUT2D eigenvalue weighted by Gasteiger charge is -2.14. The molecule has 82 valence electrons. The van der Waals surface area contributed by atoms with Crippen molar-refractivity contribution in [3.8, 4) is 0 Å². The van der Waals surface area contributed by atoms with Crippen LogP contribution in [0.3, 0.4) is 0 Å². The van der Waals surface area contributed by atoms with Gasteiger partial charge >= 0.3 is 0 Å². The third kappa shape index (κ3) is 7.73. The van der Waals surface area contributed by atoms with E-state index in [0.29, 0.717) is 24.8 Å². The molecule has 0 spiro atoms. The highest BCUT2D eigenvalue weighted by Gasteiger charge is 2.15. The van der Waals surface area contributed by atoms with Crippen LogP contribution in [-0.2, 0) is 14.3 Å². The summed E-state index contributed by atoms with van der Waals surface area (Å²) in [5, 5.41) is 3.02. The number of carbonyl (C=O) groups is 2. The van der Waals surface area contributed by atoms with E-state index in [1.165, 1.54) is 0 Å². The van der Waals surface area contributed by atoms with Gasteiger partial charge in [0.15, 0.2) is 0 Å². The Morgan fingerprint density at radius 3 is 2.14 bits per heavy atom. The number of hydrogen-bond acceptors (Lipinski definition) is 4. The number of carbonyl (C=O) groups excluding carboxylic acids is 2. The summed E-state index contributed by atoms with van der Waals surface area (Å²) in [5.41, 5.74) is -0.318. The molecule has 1 heterocycles. The summed E-state index contributed by atoms with van der Waals surface area (Å²) < 4.78 is 4.55. The molecule has 0 bridgehead atoms. The van der Waals surface area contributed by atoms with Gasteiger partial charge in [-0.2, -0.15) is 0 Å². The summed E-state index contributed by atoms with van der Waals surface area (Å²) in [6.45, 7) is 8.52. The van der Waals surface area contributed by atoms with Crippen LogP contribution in [0.4, 0.5) is 0 Å². The van der Waals surface area contributed by atoms with E-state index in [0.717, 1.165) is 6.42 Å². The van der Waals surface area contributed by atoms with Gasteiger partial charge in [0.25, 0.3) is 6.47 Å². The molecular formula is C10H19NO3. The second kappa shape index (κ2) is 5.75. The Morgan fingerprint density at radius 1 is 1.50 bits per heavy atom. The van der Waals surface area contributed by atoms with Crippen molar-refractivity contribution >= 4 is 12.3 Å². The second-order valence-electron chi connectivity index (χ2n) is 4.35. The van der Waals surface area contributed by atoms with Crippen LogP contribution in [0.5, 0.6) is 0 Å². The zero-order valence-corrected chi connectivity index (χ0v) is 9.29. The molecular weight excluding hydrogens is 182 g/mol. The van der Waals surface area contributed by atoms with E-state index >= 15 is 0 Å². The van der Waals surface area contributed by atoms with Gasteiger partial charge in [0.2, 0.25) is 0 Å². The lowest BCUT2D eigenvalue weighted by Crippen LogP contribution is -2.17. The van der Waals surface area contributed by atoms with Crippen molar-refractivity contribution in [1.29, 1.82) is 0 Å². The smallest absolute Gasteiger partial charge is 0.293 e. The highest BCUT2D eigenvalue weighted by molar-refractivity contribution is 5.83. The molecule has 1 fully saturated rings. The minimum Gasteiger partial charge on any atom is -0.462 e. The average Bonchev–Trinajstić information content (AvgIpc) is 2.33. The zero-order chi connectivity index (χ0) is 11.2. The SMILES string of the molecule is CC(C)(C)OC=O.CC1CC(=O)CN1. The van der Waals surface area contributed by atoms with Gasteiger partial charge in [0.05, 0.1) is 6.54 Å². The van der Waals surface area contributed by atoms with Crippen LogP contribution in [-0.4, -0.2) is 30.4 Å². The second-order valence-corrected chi connectivity index (χ2v) is 4.35. The van der Waals surface area contributed by atoms with Gasteiger partial charge in [0.1, 0.15) is 11.4 Å². The molecule has 0 aliphatic carbocycles. The third-order valence-corrected chi connectivity index (χ3v) is 1.58. The minimum absolute atomic E-state index is 0.318. The standard InChI is InChI=1S/C5H9NO.C5H10O2/c1-4-2-5(7)3-6-4;1-5(2,3)7-4-6/h4,6H,2-3H2,1H3;4H,1-3H3. The maximum atomic E-state index is 10.4. The number of ketones is 1. The van der Waals surface area contributed by atoms with E-state index in [9.17, 15) is 9.59 Å². The van der Waals surface area contributed by atoms with Crippen LogP contribution in [0.25, 0.3) is 0 Å². The normalized spacial score (nSPS) is 21.1.